The van der Waals surface area contributed by atoms with E-state index in [9.17, 15) is 14.4 Å². The number of carbonyl (C=O) groups is 3. The highest BCUT2D eigenvalue weighted by Crippen LogP contribution is 2.25. The summed E-state index contributed by atoms with van der Waals surface area (Å²) < 4.78 is 6.01. The molecular formula is C21H20N2O4S. The van der Waals surface area contributed by atoms with Gasteiger partial charge in [-0.1, -0.05) is 36.4 Å². The number of carbonyl (C=O) groups excluding carboxylic acids is 3. The zero-order valence-electron chi connectivity index (χ0n) is 15.6. The average Bonchev–Trinajstić information content (AvgIpc) is 3.12. The van der Waals surface area contributed by atoms with Crippen LogP contribution in [0.1, 0.15) is 20.8 Å². The maximum Gasteiger partial charge on any atom is 0.348 e. The molecule has 28 heavy (non-hydrogen) atoms. The Morgan fingerprint density at radius 2 is 1.68 bits per heavy atom. The van der Waals surface area contributed by atoms with E-state index in [0.717, 1.165) is 26.9 Å². The number of amides is 2. The predicted octanol–water partition coefficient (Wildman–Crippen LogP) is 3.43. The van der Waals surface area contributed by atoms with E-state index >= 15 is 0 Å². The van der Waals surface area contributed by atoms with Crippen molar-refractivity contribution in [2.24, 2.45) is 0 Å². The van der Waals surface area contributed by atoms with E-state index in [1.54, 1.807) is 6.07 Å². The number of hydrogen-bond donors (Lipinski definition) is 2. The number of fused-ring (bicyclic) bond motifs is 1. The summed E-state index contributed by atoms with van der Waals surface area (Å²) in [5.74, 6) is -1.44. The van der Waals surface area contributed by atoms with Gasteiger partial charge in [0.25, 0.3) is 5.91 Å². The fourth-order valence-corrected chi connectivity index (χ4v) is 3.67. The summed E-state index contributed by atoms with van der Waals surface area (Å²) in [4.78, 5) is 36.5. The van der Waals surface area contributed by atoms with Crippen LogP contribution in [0, 0.1) is 13.8 Å². The van der Waals surface area contributed by atoms with Crippen LogP contribution in [0.25, 0.3) is 10.1 Å². The lowest BCUT2D eigenvalue weighted by atomic mass is 10.1. The predicted molar refractivity (Wildman–Crippen MR) is 110 cm³/mol. The third kappa shape index (κ3) is 4.75. The molecule has 2 N–H and O–H groups in total. The Morgan fingerprint density at radius 1 is 0.964 bits per heavy atom. The number of hydrogen-bond acceptors (Lipinski definition) is 5. The maximum atomic E-state index is 12.1. The van der Waals surface area contributed by atoms with Crippen LogP contribution < -0.4 is 10.6 Å². The number of para-hydroxylation sites is 1. The van der Waals surface area contributed by atoms with Gasteiger partial charge in [0.2, 0.25) is 5.91 Å². The van der Waals surface area contributed by atoms with Gasteiger partial charge in [-0.3, -0.25) is 9.59 Å². The Kier molecular flexibility index (Phi) is 6.06. The molecule has 1 aromatic heterocycles. The fourth-order valence-electron chi connectivity index (χ4n) is 2.71. The molecule has 0 bridgehead atoms. The van der Waals surface area contributed by atoms with Crippen LogP contribution in [0.15, 0.2) is 48.5 Å². The summed E-state index contributed by atoms with van der Waals surface area (Å²) in [7, 11) is 0. The second kappa shape index (κ2) is 8.67. The molecule has 144 valence electrons. The second-order valence-electron chi connectivity index (χ2n) is 6.32. The molecule has 7 heteroatoms. The summed E-state index contributed by atoms with van der Waals surface area (Å²) in [6.45, 7) is 3.15. The third-order valence-corrected chi connectivity index (χ3v) is 5.25. The largest absolute Gasteiger partial charge is 0.451 e. The van der Waals surface area contributed by atoms with Gasteiger partial charge in [0, 0.05) is 10.4 Å². The van der Waals surface area contributed by atoms with Gasteiger partial charge in [-0.05, 0) is 42.5 Å². The van der Waals surface area contributed by atoms with Gasteiger partial charge < -0.3 is 15.4 Å². The standard InChI is InChI=1S/C21H20N2O4S/c1-13-6-5-7-14(2)20(13)23-18(24)11-22-19(25)12-27-21(26)17-10-15-8-3-4-9-16(15)28-17/h3-10H,11-12H2,1-2H3,(H,22,25)(H,23,24). The number of anilines is 1. The number of aryl methyl sites for hydroxylation is 2. The van der Waals surface area contributed by atoms with Crippen LogP contribution in [-0.2, 0) is 14.3 Å². The molecule has 2 amide bonds. The highest BCUT2D eigenvalue weighted by atomic mass is 32.1. The maximum absolute atomic E-state index is 12.1. The van der Waals surface area contributed by atoms with Crippen LogP contribution in [0.4, 0.5) is 5.69 Å². The first-order chi connectivity index (χ1) is 13.4. The zero-order chi connectivity index (χ0) is 20.1. The minimum Gasteiger partial charge on any atom is -0.451 e. The van der Waals surface area contributed by atoms with Crippen LogP contribution in [0.5, 0.6) is 0 Å². The van der Waals surface area contributed by atoms with Crippen LogP contribution in [0.2, 0.25) is 0 Å². The Morgan fingerprint density at radius 3 is 2.39 bits per heavy atom. The summed E-state index contributed by atoms with van der Waals surface area (Å²) in [5.41, 5.74) is 2.62. The highest BCUT2D eigenvalue weighted by Gasteiger charge is 2.14. The highest BCUT2D eigenvalue weighted by molar-refractivity contribution is 7.20. The van der Waals surface area contributed by atoms with Crippen LogP contribution in [0.3, 0.4) is 0 Å². The molecule has 0 aliphatic carbocycles. The second-order valence-corrected chi connectivity index (χ2v) is 7.40. The lowest BCUT2D eigenvalue weighted by molar-refractivity contribution is -0.126. The van der Waals surface area contributed by atoms with Crippen molar-refractivity contribution in [2.75, 3.05) is 18.5 Å². The summed E-state index contributed by atoms with van der Waals surface area (Å²) >= 11 is 1.31. The molecule has 6 nitrogen and oxygen atoms in total. The van der Waals surface area contributed by atoms with Gasteiger partial charge in [0.1, 0.15) is 4.88 Å². The first kappa shape index (κ1) is 19.6. The number of esters is 1. The van der Waals surface area contributed by atoms with Crippen molar-refractivity contribution in [3.63, 3.8) is 0 Å². The molecule has 0 saturated carbocycles. The van der Waals surface area contributed by atoms with E-state index in [0.29, 0.717) is 4.88 Å². The molecular weight excluding hydrogens is 376 g/mol. The van der Waals surface area contributed by atoms with E-state index < -0.39 is 18.5 Å². The molecule has 0 aliphatic rings. The van der Waals surface area contributed by atoms with E-state index in [1.165, 1.54) is 11.3 Å². The average molecular weight is 396 g/mol. The van der Waals surface area contributed by atoms with Crippen LogP contribution in [-0.4, -0.2) is 30.9 Å². The summed E-state index contributed by atoms with van der Waals surface area (Å²) in [6, 6.07) is 15.0. The Bertz CT molecular complexity index is 989. The van der Waals surface area contributed by atoms with Gasteiger partial charge in [0.05, 0.1) is 6.54 Å². The molecule has 0 spiro atoms. The number of ether oxygens (including phenoxy) is 1. The smallest absolute Gasteiger partial charge is 0.348 e. The first-order valence-electron chi connectivity index (χ1n) is 8.72. The molecule has 0 radical (unpaired) electrons. The molecule has 0 fully saturated rings. The number of rotatable bonds is 6. The quantitative estimate of drug-likeness (QED) is 0.625. The molecule has 1 heterocycles. The van der Waals surface area contributed by atoms with Crippen molar-refractivity contribution in [2.45, 2.75) is 13.8 Å². The lowest BCUT2D eigenvalue weighted by Crippen LogP contribution is -2.35. The Balaban J connectivity index is 1.46. The van der Waals surface area contributed by atoms with Crippen molar-refractivity contribution >= 4 is 44.9 Å². The summed E-state index contributed by atoms with van der Waals surface area (Å²) in [5, 5.41) is 6.18. The van der Waals surface area contributed by atoms with Gasteiger partial charge in [0.15, 0.2) is 6.61 Å². The molecule has 3 aromatic rings. The molecule has 0 aliphatic heterocycles. The fraction of sp³-hybridized carbons (Fsp3) is 0.190. The topological polar surface area (TPSA) is 84.5 Å². The summed E-state index contributed by atoms with van der Waals surface area (Å²) in [6.07, 6.45) is 0. The molecule has 0 unspecified atom stereocenters. The molecule has 0 saturated heterocycles. The third-order valence-electron chi connectivity index (χ3n) is 4.15. The number of thiophene rings is 1. The Labute approximate surface area is 166 Å². The van der Waals surface area contributed by atoms with Crippen molar-refractivity contribution < 1.29 is 19.1 Å². The van der Waals surface area contributed by atoms with Crippen molar-refractivity contribution in [3.05, 3.63) is 64.5 Å². The minimum atomic E-state index is -0.559. The van der Waals surface area contributed by atoms with Gasteiger partial charge >= 0.3 is 5.97 Å². The van der Waals surface area contributed by atoms with Crippen molar-refractivity contribution in [1.82, 2.24) is 5.32 Å². The van der Waals surface area contributed by atoms with Crippen molar-refractivity contribution in [3.8, 4) is 0 Å². The van der Waals surface area contributed by atoms with Gasteiger partial charge in [-0.2, -0.15) is 0 Å². The minimum absolute atomic E-state index is 0.201. The Hall–Kier alpha value is -3.19. The van der Waals surface area contributed by atoms with E-state index in [-0.39, 0.29) is 12.5 Å². The van der Waals surface area contributed by atoms with E-state index in [2.05, 4.69) is 10.6 Å². The number of nitrogens with one attached hydrogen (secondary N) is 2. The molecule has 3 rings (SSSR count). The number of benzene rings is 2. The zero-order valence-corrected chi connectivity index (χ0v) is 16.4. The SMILES string of the molecule is Cc1cccc(C)c1NC(=O)CNC(=O)COC(=O)c1cc2ccccc2s1. The lowest BCUT2D eigenvalue weighted by Gasteiger charge is -2.12. The van der Waals surface area contributed by atoms with Gasteiger partial charge in [-0.15, -0.1) is 11.3 Å². The van der Waals surface area contributed by atoms with Crippen molar-refractivity contribution in [1.29, 1.82) is 0 Å². The normalized spacial score (nSPS) is 10.5. The monoisotopic (exact) mass is 396 g/mol. The first-order valence-corrected chi connectivity index (χ1v) is 9.54. The van der Waals surface area contributed by atoms with E-state index in [4.69, 9.17) is 4.74 Å². The van der Waals surface area contributed by atoms with Crippen LogP contribution >= 0.6 is 11.3 Å². The van der Waals surface area contributed by atoms with E-state index in [1.807, 2.05) is 56.3 Å². The molecule has 2 aromatic carbocycles. The molecule has 0 atom stereocenters. The van der Waals surface area contributed by atoms with Gasteiger partial charge in [-0.25, -0.2) is 4.79 Å².